The number of hydrogen-bond donors (Lipinski definition) is 1. The van der Waals surface area contributed by atoms with Crippen molar-refractivity contribution in [2.75, 3.05) is 5.73 Å². The first kappa shape index (κ1) is 12.8. The number of ether oxygens (including phenoxy) is 1. The maximum absolute atomic E-state index is 10.9. The Morgan fingerprint density at radius 3 is 2.94 bits per heavy atom. The Bertz CT molecular complexity index is 587. The highest BCUT2D eigenvalue weighted by Crippen LogP contribution is 2.35. The zero-order valence-corrected chi connectivity index (χ0v) is 11.4. The molecule has 1 aromatic heterocycles. The highest BCUT2D eigenvalue weighted by Gasteiger charge is 2.18. The van der Waals surface area contributed by atoms with E-state index in [0.717, 1.165) is 4.88 Å². The highest BCUT2D eigenvalue weighted by atomic mass is 79.9. The monoisotopic (exact) mass is 329 g/mol. The van der Waals surface area contributed by atoms with Gasteiger partial charge in [-0.05, 0) is 22.0 Å². The van der Waals surface area contributed by atoms with Gasteiger partial charge in [-0.1, -0.05) is 17.4 Å². The summed E-state index contributed by atoms with van der Waals surface area (Å²) in [5.41, 5.74) is 5.41. The Balaban J connectivity index is 2.20. The number of nitrogens with two attached hydrogens (primary N) is 1. The van der Waals surface area contributed by atoms with Gasteiger partial charge in [0, 0.05) is 12.3 Å². The molecule has 8 heteroatoms. The van der Waals surface area contributed by atoms with Gasteiger partial charge >= 0.3 is 5.69 Å². The van der Waals surface area contributed by atoms with Crippen LogP contribution in [0.5, 0.6) is 5.75 Å². The predicted molar refractivity (Wildman–Crippen MR) is 71.7 cm³/mol. The molecule has 0 aliphatic rings. The van der Waals surface area contributed by atoms with Gasteiger partial charge in [0.15, 0.2) is 5.13 Å². The largest absolute Gasteiger partial charge is 0.480 e. The number of rotatable bonds is 4. The third kappa shape index (κ3) is 2.77. The summed E-state index contributed by atoms with van der Waals surface area (Å²) in [7, 11) is 0. The number of halogens is 1. The van der Waals surface area contributed by atoms with Crippen LogP contribution >= 0.6 is 27.3 Å². The number of nitro benzene ring substituents is 1. The summed E-state index contributed by atoms with van der Waals surface area (Å²) in [5, 5.41) is 11.3. The van der Waals surface area contributed by atoms with Gasteiger partial charge in [-0.25, -0.2) is 4.98 Å². The minimum absolute atomic E-state index is 0.0816. The SMILES string of the molecule is Nc1ncc(COc2c(Br)cccc2[N+](=O)[O-])s1. The van der Waals surface area contributed by atoms with Crippen molar-refractivity contribution < 1.29 is 9.66 Å². The molecule has 1 aromatic carbocycles. The maximum Gasteiger partial charge on any atom is 0.312 e. The molecule has 0 aliphatic carbocycles. The van der Waals surface area contributed by atoms with E-state index in [0.29, 0.717) is 9.60 Å². The molecule has 2 rings (SSSR count). The quantitative estimate of drug-likeness (QED) is 0.687. The minimum atomic E-state index is -0.485. The Morgan fingerprint density at radius 1 is 1.56 bits per heavy atom. The normalized spacial score (nSPS) is 10.3. The van der Waals surface area contributed by atoms with Crippen molar-refractivity contribution in [1.82, 2.24) is 4.98 Å². The van der Waals surface area contributed by atoms with Crippen LogP contribution in [0.1, 0.15) is 4.88 Å². The van der Waals surface area contributed by atoms with Gasteiger partial charge in [0.05, 0.1) is 14.3 Å². The van der Waals surface area contributed by atoms with Crippen molar-refractivity contribution in [2.24, 2.45) is 0 Å². The fourth-order valence-electron chi connectivity index (χ4n) is 1.32. The van der Waals surface area contributed by atoms with E-state index in [9.17, 15) is 10.1 Å². The van der Waals surface area contributed by atoms with Crippen molar-refractivity contribution in [3.63, 3.8) is 0 Å². The molecular formula is C10H8BrN3O3S. The van der Waals surface area contributed by atoms with E-state index < -0.39 is 4.92 Å². The number of nitro groups is 1. The molecule has 2 N–H and O–H groups in total. The Labute approximate surface area is 115 Å². The van der Waals surface area contributed by atoms with Crippen LogP contribution in [0.2, 0.25) is 0 Å². The van der Waals surface area contributed by atoms with Crippen LogP contribution < -0.4 is 10.5 Å². The summed E-state index contributed by atoms with van der Waals surface area (Å²) in [6.45, 7) is 0.193. The second-order valence-corrected chi connectivity index (χ2v) is 5.30. The molecule has 6 nitrogen and oxygen atoms in total. The summed E-state index contributed by atoms with van der Waals surface area (Å²) < 4.78 is 5.99. The van der Waals surface area contributed by atoms with Gasteiger partial charge in [0.1, 0.15) is 6.61 Å². The van der Waals surface area contributed by atoms with Gasteiger partial charge < -0.3 is 10.5 Å². The van der Waals surface area contributed by atoms with Gasteiger partial charge in [0.25, 0.3) is 0 Å². The third-order valence-corrected chi connectivity index (χ3v) is 3.50. The van der Waals surface area contributed by atoms with Crippen LogP contribution in [-0.4, -0.2) is 9.91 Å². The van der Waals surface area contributed by atoms with Crippen LogP contribution in [0.15, 0.2) is 28.9 Å². The Morgan fingerprint density at radius 2 is 2.33 bits per heavy atom. The summed E-state index contributed by atoms with van der Waals surface area (Å²) in [6, 6.07) is 4.66. The molecule has 0 fully saturated rings. The molecule has 0 unspecified atom stereocenters. The molecule has 0 atom stereocenters. The number of anilines is 1. The first-order valence-corrected chi connectivity index (χ1v) is 6.45. The average Bonchev–Trinajstić information content (AvgIpc) is 2.73. The van der Waals surface area contributed by atoms with E-state index in [4.69, 9.17) is 10.5 Å². The number of benzene rings is 1. The number of nitrogen functional groups attached to an aromatic ring is 1. The molecule has 1 heterocycles. The van der Waals surface area contributed by atoms with Crippen molar-refractivity contribution in [3.05, 3.63) is 43.9 Å². The Hall–Kier alpha value is -1.67. The molecule has 2 aromatic rings. The number of para-hydroxylation sites is 1. The van der Waals surface area contributed by atoms with Crippen LogP contribution in [0, 0.1) is 10.1 Å². The molecule has 0 spiro atoms. The lowest BCUT2D eigenvalue weighted by atomic mass is 10.3. The topological polar surface area (TPSA) is 91.3 Å². The molecular weight excluding hydrogens is 322 g/mol. The molecule has 18 heavy (non-hydrogen) atoms. The summed E-state index contributed by atoms with van der Waals surface area (Å²) in [6.07, 6.45) is 1.59. The van der Waals surface area contributed by atoms with Gasteiger partial charge in [-0.3, -0.25) is 10.1 Å². The fourth-order valence-corrected chi connectivity index (χ4v) is 2.38. The summed E-state index contributed by atoms with van der Waals surface area (Å²) in [4.78, 5) is 15.1. The summed E-state index contributed by atoms with van der Waals surface area (Å²) in [5.74, 6) is 0.203. The molecule has 0 bridgehead atoms. The lowest BCUT2D eigenvalue weighted by molar-refractivity contribution is -0.386. The van der Waals surface area contributed by atoms with E-state index in [1.165, 1.54) is 17.4 Å². The van der Waals surface area contributed by atoms with Crippen molar-refractivity contribution >= 4 is 38.1 Å². The molecule has 0 saturated carbocycles. The van der Waals surface area contributed by atoms with Crippen molar-refractivity contribution in [1.29, 1.82) is 0 Å². The number of hydrogen-bond acceptors (Lipinski definition) is 6. The average molecular weight is 330 g/mol. The first-order valence-electron chi connectivity index (χ1n) is 4.84. The third-order valence-electron chi connectivity index (χ3n) is 2.07. The van der Waals surface area contributed by atoms with E-state index >= 15 is 0 Å². The Kier molecular flexibility index (Phi) is 3.78. The van der Waals surface area contributed by atoms with Crippen molar-refractivity contribution in [2.45, 2.75) is 6.61 Å². The molecule has 0 aliphatic heterocycles. The molecule has 0 saturated heterocycles. The maximum atomic E-state index is 10.9. The highest BCUT2D eigenvalue weighted by molar-refractivity contribution is 9.10. The van der Waals surface area contributed by atoms with Crippen LogP contribution in [0.3, 0.4) is 0 Å². The summed E-state index contributed by atoms with van der Waals surface area (Å²) >= 11 is 4.51. The van der Waals surface area contributed by atoms with Crippen LogP contribution in [-0.2, 0) is 6.61 Å². The zero-order valence-electron chi connectivity index (χ0n) is 9.00. The number of nitrogens with zero attached hydrogens (tertiary/aromatic N) is 2. The van der Waals surface area contributed by atoms with Gasteiger partial charge in [-0.2, -0.15) is 0 Å². The lowest BCUT2D eigenvalue weighted by Gasteiger charge is -2.06. The molecule has 94 valence electrons. The number of aromatic nitrogens is 1. The van der Waals surface area contributed by atoms with Gasteiger partial charge in [0.2, 0.25) is 5.75 Å². The standard InChI is InChI=1S/C10H8BrN3O3S/c11-7-2-1-3-8(14(15)16)9(7)17-5-6-4-13-10(12)18-6/h1-4H,5H2,(H2,12,13). The minimum Gasteiger partial charge on any atom is -0.480 e. The predicted octanol–water partition coefficient (Wildman–Crippen LogP) is 2.98. The van der Waals surface area contributed by atoms with E-state index in [-0.39, 0.29) is 18.0 Å². The zero-order chi connectivity index (χ0) is 13.1. The lowest BCUT2D eigenvalue weighted by Crippen LogP contribution is -1.98. The number of thiazole rings is 1. The van der Waals surface area contributed by atoms with Crippen molar-refractivity contribution in [3.8, 4) is 5.75 Å². The van der Waals surface area contributed by atoms with Crippen LogP contribution in [0.25, 0.3) is 0 Å². The first-order chi connectivity index (χ1) is 8.58. The second kappa shape index (κ2) is 5.32. The smallest absolute Gasteiger partial charge is 0.312 e. The van der Waals surface area contributed by atoms with Crippen LogP contribution in [0.4, 0.5) is 10.8 Å². The molecule has 0 radical (unpaired) electrons. The van der Waals surface area contributed by atoms with E-state index in [2.05, 4.69) is 20.9 Å². The van der Waals surface area contributed by atoms with E-state index in [1.807, 2.05) is 0 Å². The molecule has 0 amide bonds. The second-order valence-electron chi connectivity index (χ2n) is 3.30. The van der Waals surface area contributed by atoms with E-state index in [1.54, 1.807) is 18.3 Å². The van der Waals surface area contributed by atoms with Gasteiger partial charge in [-0.15, -0.1) is 0 Å². The fraction of sp³-hybridized carbons (Fsp3) is 0.100.